The summed E-state index contributed by atoms with van der Waals surface area (Å²) in [6, 6.07) is 5.65. The van der Waals surface area contributed by atoms with Gasteiger partial charge in [0.2, 0.25) is 0 Å². The van der Waals surface area contributed by atoms with Crippen LogP contribution in [0.25, 0.3) is 0 Å². The summed E-state index contributed by atoms with van der Waals surface area (Å²) in [7, 11) is 2.90. The van der Waals surface area contributed by atoms with E-state index in [1.54, 1.807) is 6.20 Å². The largest absolute Gasteiger partial charge is 0.496 e. The number of nitro benzene ring substituents is 1. The van der Waals surface area contributed by atoms with Gasteiger partial charge in [0.15, 0.2) is 5.69 Å². The number of ether oxygens (including phenoxy) is 2. The summed E-state index contributed by atoms with van der Waals surface area (Å²) in [5.74, 6) is -0.225. The van der Waals surface area contributed by atoms with Gasteiger partial charge in [-0.05, 0) is 18.2 Å². The first kappa shape index (κ1) is 15.4. The first-order valence-electron chi connectivity index (χ1n) is 6.21. The lowest BCUT2D eigenvalue weighted by atomic mass is 10.2. The standard InChI is InChI=1S/C13H14N4O5/c1-21-8-16-6-5-11(15-16)13(18)14-10-4-3-9(22-2)7-12(10)17(19)20/h3-7H,8H2,1-2H3,(H,14,18). The van der Waals surface area contributed by atoms with Crippen molar-refractivity contribution in [3.05, 3.63) is 46.3 Å². The van der Waals surface area contributed by atoms with Crippen molar-refractivity contribution in [2.45, 2.75) is 6.73 Å². The van der Waals surface area contributed by atoms with Gasteiger partial charge in [0, 0.05) is 13.3 Å². The van der Waals surface area contributed by atoms with Crippen LogP contribution >= 0.6 is 0 Å². The molecule has 1 aromatic heterocycles. The Bertz CT molecular complexity index is 697. The molecule has 22 heavy (non-hydrogen) atoms. The highest BCUT2D eigenvalue weighted by Crippen LogP contribution is 2.29. The third kappa shape index (κ3) is 3.38. The molecule has 1 N–H and O–H groups in total. The number of nitrogens with one attached hydrogen (secondary N) is 1. The van der Waals surface area contributed by atoms with E-state index in [1.165, 1.54) is 43.2 Å². The van der Waals surface area contributed by atoms with Crippen molar-refractivity contribution < 1.29 is 19.2 Å². The first-order valence-corrected chi connectivity index (χ1v) is 6.21. The maximum atomic E-state index is 12.1. The summed E-state index contributed by atoms with van der Waals surface area (Å²) < 4.78 is 11.2. The fraction of sp³-hybridized carbons (Fsp3) is 0.231. The molecule has 116 valence electrons. The van der Waals surface area contributed by atoms with Crippen LogP contribution in [0.15, 0.2) is 30.5 Å². The molecule has 0 saturated heterocycles. The monoisotopic (exact) mass is 306 g/mol. The van der Waals surface area contributed by atoms with E-state index in [9.17, 15) is 14.9 Å². The molecule has 0 aliphatic carbocycles. The zero-order valence-corrected chi connectivity index (χ0v) is 12.0. The molecule has 0 aliphatic rings. The summed E-state index contributed by atoms with van der Waals surface area (Å²) >= 11 is 0. The third-order valence-corrected chi connectivity index (χ3v) is 2.78. The molecule has 1 aromatic carbocycles. The van der Waals surface area contributed by atoms with Crippen LogP contribution in [-0.4, -0.2) is 34.8 Å². The van der Waals surface area contributed by atoms with Crippen LogP contribution in [0.4, 0.5) is 11.4 Å². The number of carbonyl (C=O) groups excluding carboxylic acids is 1. The fourth-order valence-corrected chi connectivity index (χ4v) is 1.77. The minimum atomic E-state index is -0.596. The van der Waals surface area contributed by atoms with Gasteiger partial charge in [-0.25, -0.2) is 4.68 Å². The zero-order valence-electron chi connectivity index (χ0n) is 12.0. The molecule has 0 radical (unpaired) electrons. The lowest BCUT2D eigenvalue weighted by Gasteiger charge is -2.06. The van der Waals surface area contributed by atoms with Crippen molar-refractivity contribution in [2.75, 3.05) is 19.5 Å². The predicted octanol–water partition coefficient (Wildman–Crippen LogP) is 1.66. The molecule has 0 saturated carbocycles. The van der Waals surface area contributed by atoms with E-state index >= 15 is 0 Å². The SMILES string of the molecule is COCn1ccc(C(=O)Nc2ccc(OC)cc2[N+](=O)[O-])n1. The second-order valence-corrected chi connectivity index (χ2v) is 4.25. The Hall–Kier alpha value is -2.94. The summed E-state index contributed by atoms with van der Waals surface area (Å²) in [5, 5.41) is 17.5. The Balaban J connectivity index is 2.21. The van der Waals surface area contributed by atoms with Crippen LogP contribution in [0, 0.1) is 10.1 Å². The number of hydrogen-bond acceptors (Lipinski definition) is 6. The summed E-state index contributed by atoms with van der Waals surface area (Å²) in [6.45, 7) is 0.204. The maximum absolute atomic E-state index is 12.1. The molecule has 9 nitrogen and oxygen atoms in total. The molecule has 0 atom stereocenters. The number of anilines is 1. The summed E-state index contributed by atoms with van der Waals surface area (Å²) in [6.07, 6.45) is 1.57. The van der Waals surface area contributed by atoms with Crippen LogP contribution in [0.5, 0.6) is 5.75 Å². The van der Waals surface area contributed by atoms with Gasteiger partial charge in [0.1, 0.15) is 18.2 Å². The highest BCUT2D eigenvalue weighted by Gasteiger charge is 2.19. The van der Waals surface area contributed by atoms with Gasteiger partial charge in [0.05, 0.1) is 18.1 Å². The molecule has 0 aliphatic heterocycles. The van der Waals surface area contributed by atoms with Gasteiger partial charge >= 0.3 is 0 Å². The number of methoxy groups -OCH3 is 2. The smallest absolute Gasteiger partial charge is 0.296 e. The van der Waals surface area contributed by atoms with Gasteiger partial charge in [-0.1, -0.05) is 0 Å². The number of amides is 1. The lowest BCUT2D eigenvalue weighted by Crippen LogP contribution is -2.14. The Labute approximate surface area is 125 Å². The van der Waals surface area contributed by atoms with Crippen molar-refractivity contribution >= 4 is 17.3 Å². The van der Waals surface area contributed by atoms with Gasteiger partial charge in [0.25, 0.3) is 11.6 Å². The number of benzene rings is 1. The van der Waals surface area contributed by atoms with E-state index in [0.717, 1.165) is 0 Å². The highest BCUT2D eigenvalue weighted by molar-refractivity contribution is 6.04. The zero-order chi connectivity index (χ0) is 16.1. The van der Waals surface area contributed by atoms with Crippen molar-refractivity contribution in [1.82, 2.24) is 9.78 Å². The number of nitrogens with zero attached hydrogens (tertiary/aromatic N) is 3. The fourth-order valence-electron chi connectivity index (χ4n) is 1.77. The van der Waals surface area contributed by atoms with Crippen molar-refractivity contribution in [2.24, 2.45) is 0 Å². The molecule has 0 unspecified atom stereocenters. The molecule has 2 aromatic rings. The summed E-state index contributed by atoms with van der Waals surface area (Å²) in [5.41, 5.74) is -0.0664. The van der Waals surface area contributed by atoms with E-state index in [2.05, 4.69) is 10.4 Å². The quantitative estimate of drug-likeness (QED) is 0.642. The average molecular weight is 306 g/mol. The molecule has 0 bridgehead atoms. The first-order chi connectivity index (χ1) is 10.5. The molecule has 0 spiro atoms. The van der Waals surface area contributed by atoms with E-state index < -0.39 is 10.8 Å². The van der Waals surface area contributed by atoms with Crippen LogP contribution < -0.4 is 10.1 Å². The number of nitro groups is 1. The van der Waals surface area contributed by atoms with E-state index in [-0.39, 0.29) is 23.8 Å². The molecular formula is C13H14N4O5. The van der Waals surface area contributed by atoms with E-state index in [1.807, 2.05) is 0 Å². The second-order valence-electron chi connectivity index (χ2n) is 4.25. The Morgan fingerprint density at radius 1 is 1.41 bits per heavy atom. The molecule has 2 rings (SSSR count). The molecule has 1 heterocycles. The van der Waals surface area contributed by atoms with Gasteiger partial charge in [-0.3, -0.25) is 14.9 Å². The number of carbonyl (C=O) groups is 1. The van der Waals surface area contributed by atoms with E-state index in [4.69, 9.17) is 9.47 Å². The van der Waals surface area contributed by atoms with Crippen molar-refractivity contribution in [1.29, 1.82) is 0 Å². The van der Waals surface area contributed by atoms with Gasteiger partial charge in [-0.2, -0.15) is 5.10 Å². The van der Waals surface area contributed by atoms with Crippen LogP contribution in [0.2, 0.25) is 0 Å². The highest BCUT2D eigenvalue weighted by atomic mass is 16.6. The molecule has 9 heteroatoms. The molecular weight excluding hydrogens is 292 g/mol. The minimum absolute atomic E-state index is 0.0668. The predicted molar refractivity (Wildman–Crippen MR) is 76.8 cm³/mol. The summed E-state index contributed by atoms with van der Waals surface area (Å²) in [4.78, 5) is 22.5. The third-order valence-electron chi connectivity index (χ3n) is 2.78. The normalized spacial score (nSPS) is 10.3. The Morgan fingerprint density at radius 3 is 2.82 bits per heavy atom. The number of hydrogen-bond donors (Lipinski definition) is 1. The van der Waals surface area contributed by atoms with Gasteiger partial charge in [-0.15, -0.1) is 0 Å². The van der Waals surface area contributed by atoms with Crippen molar-refractivity contribution in [3.63, 3.8) is 0 Å². The average Bonchev–Trinajstić information content (AvgIpc) is 2.96. The van der Waals surface area contributed by atoms with Crippen LogP contribution in [-0.2, 0) is 11.5 Å². The topological polar surface area (TPSA) is 109 Å². The second kappa shape index (κ2) is 6.68. The Morgan fingerprint density at radius 2 is 2.18 bits per heavy atom. The van der Waals surface area contributed by atoms with E-state index in [0.29, 0.717) is 5.75 Å². The van der Waals surface area contributed by atoms with Crippen LogP contribution in [0.1, 0.15) is 10.5 Å². The number of rotatable bonds is 6. The Kier molecular flexibility index (Phi) is 4.69. The molecule has 1 amide bonds. The van der Waals surface area contributed by atoms with Gasteiger partial charge < -0.3 is 14.8 Å². The maximum Gasteiger partial charge on any atom is 0.296 e. The van der Waals surface area contributed by atoms with Crippen LogP contribution in [0.3, 0.4) is 0 Å². The lowest BCUT2D eigenvalue weighted by molar-refractivity contribution is -0.384. The minimum Gasteiger partial charge on any atom is -0.496 e. The number of aromatic nitrogens is 2. The van der Waals surface area contributed by atoms with Crippen molar-refractivity contribution in [3.8, 4) is 5.75 Å². The molecule has 0 fully saturated rings.